The van der Waals surface area contributed by atoms with E-state index in [0.29, 0.717) is 11.4 Å². The van der Waals surface area contributed by atoms with Gasteiger partial charge in [-0.25, -0.2) is 4.79 Å². The van der Waals surface area contributed by atoms with Crippen LogP contribution in [0.1, 0.15) is 0 Å². The monoisotopic (exact) mass is 457 g/mol. The van der Waals surface area contributed by atoms with Crippen molar-refractivity contribution in [1.29, 1.82) is 0 Å². The lowest BCUT2D eigenvalue weighted by Gasteiger charge is -2.15. The summed E-state index contributed by atoms with van der Waals surface area (Å²) in [5.41, 5.74) is 0.940. The molecule has 2 aromatic carbocycles. The average Bonchev–Trinajstić information content (AvgIpc) is 2.67. The molecule has 5 nitrogen and oxygen atoms in total. The van der Waals surface area contributed by atoms with Crippen LogP contribution in [0.3, 0.4) is 0 Å². The molecule has 0 aliphatic rings. The molecule has 0 saturated carbocycles. The van der Waals surface area contributed by atoms with Crippen molar-refractivity contribution in [2.24, 2.45) is 0 Å². The van der Waals surface area contributed by atoms with Gasteiger partial charge in [-0.1, -0.05) is 48.5 Å². The maximum atomic E-state index is 13.2. The van der Waals surface area contributed by atoms with Crippen LogP contribution in [0, 0.1) is 3.57 Å². The second kappa shape index (κ2) is 6.45. The third kappa shape index (κ3) is 2.62. The van der Waals surface area contributed by atoms with Gasteiger partial charge >= 0.3 is 5.63 Å². The number of hydrogen-bond acceptors (Lipinski definition) is 4. The molecule has 0 amide bonds. The van der Waals surface area contributed by atoms with E-state index in [1.165, 1.54) is 4.57 Å². The molecule has 0 fully saturated rings. The number of aromatic nitrogens is 1. The lowest BCUT2D eigenvalue weighted by Crippen LogP contribution is -2.21. The molecule has 0 unspecified atom stereocenters. The minimum Gasteiger partial charge on any atom is -0.506 e. The number of benzene rings is 2. The minimum absolute atomic E-state index is 0.0146. The largest absolute Gasteiger partial charge is 0.506 e. The Hall–Kier alpha value is -2.87. The van der Waals surface area contributed by atoms with E-state index in [1.54, 1.807) is 40.8 Å². The summed E-state index contributed by atoms with van der Waals surface area (Å²) < 4.78 is 6.76. The molecule has 1 N–H and O–H groups in total. The molecule has 0 atom stereocenters. The van der Waals surface area contributed by atoms with Gasteiger partial charge in [-0.05, 0) is 40.3 Å². The number of rotatable bonds is 2. The van der Waals surface area contributed by atoms with Gasteiger partial charge in [0.15, 0.2) is 5.75 Å². The summed E-state index contributed by atoms with van der Waals surface area (Å²) in [7, 11) is 0. The molecule has 0 spiro atoms. The topological polar surface area (TPSA) is 72.4 Å². The number of nitrogens with zero attached hydrogens (tertiary/aromatic N) is 1. The van der Waals surface area contributed by atoms with Crippen LogP contribution in [0.5, 0.6) is 5.75 Å². The molecule has 0 saturated heterocycles. The fourth-order valence-corrected chi connectivity index (χ4v) is 3.27. The van der Waals surface area contributed by atoms with Crippen LogP contribution in [-0.4, -0.2) is 9.67 Å². The predicted octanol–water partition coefficient (Wildman–Crippen LogP) is 3.92. The van der Waals surface area contributed by atoms with Crippen molar-refractivity contribution in [3.63, 3.8) is 0 Å². The van der Waals surface area contributed by atoms with Crippen LogP contribution in [0.2, 0.25) is 0 Å². The molecule has 2 heterocycles. The van der Waals surface area contributed by atoms with Crippen molar-refractivity contribution in [3.05, 3.63) is 91.1 Å². The number of pyridine rings is 1. The molecule has 6 heteroatoms. The molecule has 2 aromatic heterocycles. The van der Waals surface area contributed by atoms with Crippen LogP contribution in [0.25, 0.3) is 27.9 Å². The van der Waals surface area contributed by atoms with Gasteiger partial charge in [-0.15, -0.1) is 0 Å². The summed E-state index contributed by atoms with van der Waals surface area (Å²) in [6.45, 7) is 0. The van der Waals surface area contributed by atoms with Gasteiger partial charge in [0.1, 0.15) is 14.5 Å². The maximum Gasteiger partial charge on any atom is 0.353 e. The van der Waals surface area contributed by atoms with Gasteiger partial charge in [0, 0.05) is 11.8 Å². The van der Waals surface area contributed by atoms with E-state index in [2.05, 4.69) is 0 Å². The van der Waals surface area contributed by atoms with E-state index in [-0.39, 0.29) is 20.3 Å². The first kappa shape index (κ1) is 16.6. The summed E-state index contributed by atoms with van der Waals surface area (Å²) in [6, 6.07) is 20.1. The smallest absolute Gasteiger partial charge is 0.353 e. The zero-order valence-corrected chi connectivity index (χ0v) is 15.5. The van der Waals surface area contributed by atoms with Crippen molar-refractivity contribution >= 4 is 33.6 Å². The number of hydrogen-bond donors (Lipinski definition) is 1. The van der Waals surface area contributed by atoms with Crippen LogP contribution < -0.4 is 11.2 Å². The second-order valence-electron chi connectivity index (χ2n) is 5.66. The molecule has 0 bridgehead atoms. The summed E-state index contributed by atoms with van der Waals surface area (Å²) in [5, 5.41) is 10.4. The van der Waals surface area contributed by atoms with Crippen LogP contribution in [0.4, 0.5) is 0 Å². The molecular formula is C20H12INO4. The van der Waals surface area contributed by atoms with Gasteiger partial charge in [0.05, 0.1) is 5.69 Å². The van der Waals surface area contributed by atoms with E-state index < -0.39 is 11.2 Å². The third-order valence-corrected chi connectivity index (χ3v) is 5.03. The van der Waals surface area contributed by atoms with E-state index in [1.807, 2.05) is 48.5 Å². The van der Waals surface area contributed by atoms with Crippen molar-refractivity contribution in [2.45, 2.75) is 0 Å². The molecule has 4 rings (SSSR count). The standard InChI is InChI=1S/C20H12INO4/c21-17-18(23)16-15(26-20(17)25)11-14(12-7-3-1-4-8-12)22(19(16)24)13-9-5-2-6-10-13/h1-11,23H. The molecule has 128 valence electrons. The number of para-hydroxylation sites is 1. The highest BCUT2D eigenvalue weighted by Crippen LogP contribution is 2.29. The first-order valence-electron chi connectivity index (χ1n) is 7.80. The molecule has 26 heavy (non-hydrogen) atoms. The van der Waals surface area contributed by atoms with E-state index in [4.69, 9.17) is 4.42 Å². The Morgan fingerprint density at radius 3 is 2.19 bits per heavy atom. The molecule has 0 radical (unpaired) electrons. The molecule has 4 aromatic rings. The van der Waals surface area contributed by atoms with E-state index in [9.17, 15) is 14.7 Å². The first-order chi connectivity index (χ1) is 12.6. The molecule has 0 aliphatic carbocycles. The zero-order chi connectivity index (χ0) is 18.3. The lowest BCUT2D eigenvalue weighted by atomic mass is 10.1. The third-order valence-electron chi connectivity index (χ3n) is 4.08. The first-order valence-corrected chi connectivity index (χ1v) is 8.88. The Bertz CT molecular complexity index is 1230. The van der Waals surface area contributed by atoms with Gasteiger partial charge in [-0.3, -0.25) is 9.36 Å². The quantitative estimate of drug-likeness (QED) is 0.464. The van der Waals surface area contributed by atoms with Crippen LogP contribution in [0.15, 0.2) is 80.7 Å². The fourth-order valence-electron chi connectivity index (χ4n) is 2.89. The Morgan fingerprint density at radius 2 is 1.54 bits per heavy atom. The molecular weight excluding hydrogens is 445 g/mol. The SMILES string of the molecule is O=c1oc2cc(-c3ccccc3)n(-c3ccccc3)c(=O)c2c(O)c1I. The van der Waals surface area contributed by atoms with Gasteiger partial charge in [0.25, 0.3) is 5.56 Å². The Morgan fingerprint density at radius 1 is 0.923 bits per heavy atom. The van der Waals surface area contributed by atoms with Crippen molar-refractivity contribution in [1.82, 2.24) is 4.57 Å². The highest BCUT2D eigenvalue weighted by atomic mass is 127. The Kier molecular flexibility index (Phi) is 4.12. The van der Waals surface area contributed by atoms with Crippen molar-refractivity contribution in [2.75, 3.05) is 0 Å². The van der Waals surface area contributed by atoms with E-state index in [0.717, 1.165) is 5.56 Å². The normalized spacial score (nSPS) is 11.0. The maximum absolute atomic E-state index is 13.2. The minimum atomic E-state index is -0.675. The number of fused-ring (bicyclic) bond motifs is 1. The summed E-state index contributed by atoms with van der Waals surface area (Å²) in [6.07, 6.45) is 0. The summed E-state index contributed by atoms with van der Waals surface area (Å²) >= 11 is 1.68. The lowest BCUT2D eigenvalue weighted by molar-refractivity contribution is 0.461. The second-order valence-corrected chi connectivity index (χ2v) is 6.74. The van der Waals surface area contributed by atoms with Gasteiger partial charge in [-0.2, -0.15) is 0 Å². The summed E-state index contributed by atoms with van der Waals surface area (Å²) in [5.74, 6) is -0.355. The molecule has 0 aliphatic heterocycles. The number of aromatic hydroxyl groups is 1. The zero-order valence-electron chi connectivity index (χ0n) is 13.3. The van der Waals surface area contributed by atoms with E-state index >= 15 is 0 Å². The highest BCUT2D eigenvalue weighted by molar-refractivity contribution is 14.1. The van der Waals surface area contributed by atoms with Crippen molar-refractivity contribution in [3.8, 4) is 22.7 Å². The Labute approximate surface area is 161 Å². The van der Waals surface area contributed by atoms with Gasteiger partial charge < -0.3 is 9.52 Å². The fraction of sp³-hybridized carbons (Fsp3) is 0. The average molecular weight is 457 g/mol. The predicted molar refractivity (Wildman–Crippen MR) is 108 cm³/mol. The Balaban J connectivity index is 2.21. The van der Waals surface area contributed by atoms with Crippen molar-refractivity contribution < 1.29 is 9.52 Å². The highest BCUT2D eigenvalue weighted by Gasteiger charge is 2.20. The van der Waals surface area contributed by atoms with Crippen LogP contribution >= 0.6 is 22.6 Å². The number of halogens is 1. The van der Waals surface area contributed by atoms with Gasteiger partial charge in [0.2, 0.25) is 0 Å². The van der Waals surface area contributed by atoms with Crippen LogP contribution in [-0.2, 0) is 0 Å². The summed E-state index contributed by atoms with van der Waals surface area (Å²) in [4.78, 5) is 25.2.